The number of allylic oxidation sites excluding steroid dienone is 4. The highest BCUT2D eigenvalue weighted by molar-refractivity contribution is 6.04. The first-order valence-corrected chi connectivity index (χ1v) is 6.64. The number of hydrogen-bond acceptors (Lipinski definition) is 3. The Kier molecular flexibility index (Phi) is 3.74. The third-order valence-corrected chi connectivity index (χ3v) is 4.26. The summed E-state index contributed by atoms with van der Waals surface area (Å²) >= 11 is 0. The molecule has 0 saturated heterocycles. The van der Waals surface area contributed by atoms with E-state index in [4.69, 9.17) is 4.74 Å². The van der Waals surface area contributed by atoms with Crippen molar-refractivity contribution in [1.82, 2.24) is 0 Å². The van der Waals surface area contributed by atoms with Crippen molar-refractivity contribution in [1.29, 1.82) is 0 Å². The maximum atomic E-state index is 11.9. The summed E-state index contributed by atoms with van der Waals surface area (Å²) in [5.41, 5.74) is 4.58. The molecule has 0 aromatic carbocycles. The Bertz CT molecular complexity index is 520. The molecule has 0 spiro atoms. The summed E-state index contributed by atoms with van der Waals surface area (Å²) in [6.07, 6.45) is 2.75. The molecule has 19 heavy (non-hydrogen) atoms. The Hall–Kier alpha value is -1.64. The quantitative estimate of drug-likeness (QED) is 0.566. The van der Waals surface area contributed by atoms with E-state index in [0.29, 0.717) is 24.3 Å². The molecule has 1 atom stereocenters. The normalized spacial score (nSPS) is 23.3. The molecule has 0 heterocycles. The average molecular weight is 260 g/mol. The minimum Gasteiger partial charge on any atom is -0.466 e. The average Bonchev–Trinajstić information content (AvgIpc) is 2.56. The number of ketones is 1. The number of rotatable bonds is 2. The number of fused-ring (bicyclic) bond motifs is 1. The fraction of sp³-hybridized carbons (Fsp3) is 0.500. The van der Waals surface area contributed by atoms with Gasteiger partial charge in [-0.05, 0) is 55.7 Å². The van der Waals surface area contributed by atoms with Crippen molar-refractivity contribution >= 4 is 11.8 Å². The third-order valence-electron chi connectivity index (χ3n) is 4.26. The molecule has 102 valence electrons. The van der Waals surface area contributed by atoms with Crippen molar-refractivity contribution in [3.8, 4) is 0 Å². The first-order chi connectivity index (χ1) is 8.95. The van der Waals surface area contributed by atoms with Gasteiger partial charge in [0.2, 0.25) is 0 Å². The van der Waals surface area contributed by atoms with E-state index in [1.54, 1.807) is 0 Å². The zero-order chi connectivity index (χ0) is 14.2. The number of hydrogen-bond donors (Lipinski definition) is 0. The predicted molar refractivity (Wildman–Crippen MR) is 73.5 cm³/mol. The summed E-state index contributed by atoms with van der Waals surface area (Å²) in [5, 5.41) is 0. The summed E-state index contributed by atoms with van der Waals surface area (Å²) in [5.74, 6) is 0.180. The van der Waals surface area contributed by atoms with Crippen LogP contribution in [0.3, 0.4) is 0 Å². The maximum Gasteiger partial charge on any atom is 0.334 e. The highest BCUT2D eigenvalue weighted by Gasteiger charge is 2.33. The van der Waals surface area contributed by atoms with Crippen LogP contribution in [0.5, 0.6) is 0 Å². The molecular formula is C16H20O3. The maximum absolute atomic E-state index is 11.9. The molecule has 0 fully saturated rings. The molecule has 0 N–H and O–H groups in total. The van der Waals surface area contributed by atoms with E-state index in [1.807, 2.05) is 13.8 Å². The molecule has 2 rings (SSSR count). The van der Waals surface area contributed by atoms with Crippen molar-refractivity contribution < 1.29 is 14.3 Å². The van der Waals surface area contributed by atoms with Crippen molar-refractivity contribution in [2.45, 2.75) is 39.5 Å². The van der Waals surface area contributed by atoms with Crippen molar-refractivity contribution in [2.75, 3.05) is 7.11 Å². The van der Waals surface area contributed by atoms with Crippen molar-refractivity contribution in [3.05, 3.63) is 34.4 Å². The van der Waals surface area contributed by atoms with Gasteiger partial charge in [0, 0.05) is 12.0 Å². The Balaban J connectivity index is 2.48. The Morgan fingerprint density at radius 2 is 2.05 bits per heavy atom. The molecule has 0 amide bonds. The number of carbonyl (C=O) groups excluding carboxylic acids is 2. The first kappa shape index (κ1) is 13.8. The van der Waals surface area contributed by atoms with Gasteiger partial charge in [-0.15, -0.1) is 0 Å². The van der Waals surface area contributed by atoms with Gasteiger partial charge in [0.05, 0.1) is 7.11 Å². The van der Waals surface area contributed by atoms with E-state index >= 15 is 0 Å². The summed E-state index contributed by atoms with van der Waals surface area (Å²) in [7, 11) is 1.39. The lowest BCUT2D eigenvalue weighted by Gasteiger charge is -2.15. The van der Waals surface area contributed by atoms with Crippen LogP contribution in [0.15, 0.2) is 34.4 Å². The zero-order valence-electron chi connectivity index (χ0n) is 11.8. The lowest BCUT2D eigenvalue weighted by atomic mass is 9.90. The third kappa shape index (κ3) is 2.42. The molecule has 0 aromatic rings. The van der Waals surface area contributed by atoms with Gasteiger partial charge in [-0.25, -0.2) is 4.79 Å². The van der Waals surface area contributed by atoms with Gasteiger partial charge in [-0.1, -0.05) is 12.2 Å². The largest absolute Gasteiger partial charge is 0.466 e. The molecule has 0 aromatic heterocycles. The lowest BCUT2D eigenvalue weighted by molar-refractivity contribution is -0.136. The molecule has 0 radical (unpaired) electrons. The van der Waals surface area contributed by atoms with Gasteiger partial charge in [0.25, 0.3) is 0 Å². The van der Waals surface area contributed by atoms with Crippen LogP contribution in [-0.4, -0.2) is 18.9 Å². The van der Waals surface area contributed by atoms with E-state index in [1.165, 1.54) is 7.11 Å². The van der Waals surface area contributed by atoms with Crippen LogP contribution in [0.4, 0.5) is 0 Å². The van der Waals surface area contributed by atoms with Crippen LogP contribution in [0.2, 0.25) is 0 Å². The molecular weight excluding hydrogens is 240 g/mol. The molecule has 3 nitrogen and oxygen atoms in total. The Labute approximate surface area is 114 Å². The zero-order valence-corrected chi connectivity index (χ0v) is 11.8. The van der Waals surface area contributed by atoms with Crippen LogP contribution < -0.4 is 0 Å². The number of carbonyl (C=O) groups is 2. The minimum atomic E-state index is -0.294. The van der Waals surface area contributed by atoms with Crippen LogP contribution in [0, 0.1) is 5.92 Å². The first-order valence-electron chi connectivity index (χ1n) is 6.64. The summed E-state index contributed by atoms with van der Waals surface area (Å²) < 4.78 is 4.87. The standard InChI is InChI=1S/C16H20O3/c1-9(2)11-5-6-12(16(18)19-4)14-8-15(17)10(3)13(14)7-11/h11H,1,5-8H2,2-4H3/t11-/m1/s1. The van der Waals surface area contributed by atoms with Gasteiger partial charge >= 0.3 is 5.97 Å². The second-order valence-corrected chi connectivity index (χ2v) is 5.44. The van der Waals surface area contributed by atoms with Gasteiger partial charge in [0.1, 0.15) is 0 Å². The molecule has 3 heteroatoms. The van der Waals surface area contributed by atoms with Crippen LogP contribution in [-0.2, 0) is 14.3 Å². The van der Waals surface area contributed by atoms with Crippen molar-refractivity contribution in [2.24, 2.45) is 5.92 Å². The number of Topliss-reactive ketones (excluding diaryl/α,β-unsaturated/α-hetero) is 1. The van der Waals surface area contributed by atoms with E-state index in [-0.39, 0.29) is 11.8 Å². The SMILES string of the molecule is C=C(C)[C@@H]1CCC(C(=O)OC)=C2CC(=O)C(C)=C2C1. The van der Waals surface area contributed by atoms with Gasteiger partial charge < -0.3 is 4.74 Å². The van der Waals surface area contributed by atoms with E-state index in [9.17, 15) is 9.59 Å². The van der Waals surface area contributed by atoms with E-state index in [0.717, 1.165) is 35.1 Å². The Morgan fingerprint density at radius 3 is 2.63 bits per heavy atom. The fourth-order valence-corrected chi connectivity index (χ4v) is 2.95. The minimum absolute atomic E-state index is 0.133. The smallest absolute Gasteiger partial charge is 0.334 e. The van der Waals surface area contributed by atoms with Crippen molar-refractivity contribution in [3.63, 3.8) is 0 Å². The molecule has 2 aliphatic rings. The summed E-state index contributed by atoms with van der Waals surface area (Å²) in [6.45, 7) is 7.90. The monoisotopic (exact) mass is 260 g/mol. The second-order valence-electron chi connectivity index (χ2n) is 5.44. The molecule has 0 unspecified atom stereocenters. The molecule has 0 bridgehead atoms. The number of ether oxygens (including phenoxy) is 1. The van der Waals surface area contributed by atoms with Gasteiger partial charge in [-0.2, -0.15) is 0 Å². The lowest BCUT2D eigenvalue weighted by Crippen LogP contribution is -2.08. The summed E-state index contributed by atoms with van der Waals surface area (Å²) in [6, 6.07) is 0. The van der Waals surface area contributed by atoms with E-state index < -0.39 is 0 Å². The topological polar surface area (TPSA) is 43.4 Å². The second kappa shape index (κ2) is 5.16. The number of esters is 1. The molecule has 2 aliphatic carbocycles. The Morgan fingerprint density at radius 1 is 1.37 bits per heavy atom. The van der Waals surface area contributed by atoms with Gasteiger partial charge in [0.15, 0.2) is 5.78 Å². The highest BCUT2D eigenvalue weighted by Crippen LogP contribution is 2.42. The van der Waals surface area contributed by atoms with Crippen LogP contribution in [0.1, 0.15) is 39.5 Å². The summed E-state index contributed by atoms with van der Waals surface area (Å²) in [4.78, 5) is 23.8. The predicted octanol–water partition coefficient (Wildman–Crippen LogP) is 3.12. The van der Waals surface area contributed by atoms with Crippen LogP contribution >= 0.6 is 0 Å². The number of methoxy groups -OCH3 is 1. The van der Waals surface area contributed by atoms with Gasteiger partial charge in [-0.3, -0.25) is 4.79 Å². The highest BCUT2D eigenvalue weighted by atomic mass is 16.5. The van der Waals surface area contributed by atoms with Crippen LogP contribution in [0.25, 0.3) is 0 Å². The molecule has 0 aliphatic heterocycles. The van der Waals surface area contributed by atoms with E-state index in [2.05, 4.69) is 6.58 Å². The fourth-order valence-electron chi connectivity index (χ4n) is 2.95. The molecule has 0 saturated carbocycles.